The van der Waals surface area contributed by atoms with E-state index in [4.69, 9.17) is 16.6 Å². The molecule has 2 heterocycles. The van der Waals surface area contributed by atoms with Crippen molar-refractivity contribution in [1.82, 2.24) is 19.6 Å². The molecule has 0 aliphatic rings. The van der Waals surface area contributed by atoms with E-state index in [9.17, 15) is 4.39 Å². The molecule has 0 fully saturated rings. The number of nitrogens with one attached hydrogen (secondary N) is 1. The fourth-order valence-electron chi connectivity index (χ4n) is 3.32. The van der Waals surface area contributed by atoms with Crippen LogP contribution in [-0.2, 0) is 6.54 Å². The number of hydrogen-bond donors (Lipinski definition) is 1. The molecule has 0 atom stereocenters. The Morgan fingerprint density at radius 2 is 1.72 bits per heavy atom. The summed E-state index contributed by atoms with van der Waals surface area (Å²) >= 11 is 6.16. The van der Waals surface area contributed by atoms with E-state index in [0.29, 0.717) is 40.1 Å². The van der Waals surface area contributed by atoms with Crippen LogP contribution in [0.1, 0.15) is 5.56 Å². The number of rotatable bonds is 4. The van der Waals surface area contributed by atoms with E-state index in [1.54, 1.807) is 34.7 Å². The molecule has 0 saturated carbocycles. The van der Waals surface area contributed by atoms with Gasteiger partial charge in [0.05, 0.1) is 11.1 Å². The van der Waals surface area contributed by atoms with Gasteiger partial charge in [0, 0.05) is 17.0 Å². The summed E-state index contributed by atoms with van der Waals surface area (Å²) in [6, 6.07) is 21.9. The lowest BCUT2D eigenvalue weighted by Crippen LogP contribution is -2.08. The number of anilines is 1. The van der Waals surface area contributed by atoms with Crippen LogP contribution in [0.2, 0.25) is 5.02 Å². The average molecular weight is 404 g/mol. The lowest BCUT2D eigenvalue weighted by Gasteiger charge is -2.12. The van der Waals surface area contributed by atoms with E-state index >= 15 is 0 Å². The van der Waals surface area contributed by atoms with Gasteiger partial charge in [-0.15, -0.1) is 10.2 Å². The summed E-state index contributed by atoms with van der Waals surface area (Å²) in [7, 11) is 0. The number of fused-ring (bicyclic) bond motifs is 3. The molecule has 7 heteroatoms. The maximum absolute atomic E-state index is 14.5. The Hall–Kier alpha value is -3.51. The summed E-state index contributed by atoms with van der Waals surface area (Å²) in [4.78, 5) is 4.73. The largest absolute Gasteiger partial charge is 0.351 e. The molecule has 2 aromatic heterocycles. The fourth-order valence-corrected chi connectivity index (χ4v) is 3.49. The minimum Gasteiger partial charge on any atom is -0.351 e. The molecule has 0 bridgehead atoms. The molecule has 0 amide bonds. The van der Waals surface area contributed by atoms with Crippen molar-refractivity contribution in [2.45, 2.75) is 6.54 Å². The van der Waals surface area contributed by atoms with Gasteiger partial charge < -0.3 is 5.32 Å². The van der Waals surface area contributed by atoms with Crippen LogP contribution in [0.3, 0.4) is 0 Å². The zero-order chi connectivity index (χ0) is 19.8. The lowest BCUT2D eigenvalue weighted by atomic mass is 10.2. The molecule has 0 spiro atoms. The number of halogens is 2. The number of aromatic nitrogens is 4. The fraction of sp³-hybridized carbons (Fsp3) is 0.0455. The van der Waals surface area contributed by atoms with Crippen LogP contribution in [0, 0.1) is 5.82 Å². The highest BCUT2D eigenvalue weighted by atomic mass is 35.5. The molecule has 0 radical (unpaired) electrons. The van der Waals surface area contributed by atoms with Crippen molar-refractivity contribution in [3.63, 3.8) is 0 Å². The zero-order valence-corrected chi connectivity index (χ0v) is 15.9. The second-order valence-corrected chi connectivity index (χ2v) is 7.03. The summed E-state index contributed by atoms with van der Waals surface area (Å²) in [6.07, 6.45) is 0. The third kappa shape index (κ3) is 3.17. The molecule has 29 heavy (non-hydrogen) atoms. The van der Waals surface area contributed by atoms with Gasteiger partial charge in [0.2, 0.25) is 5.95 Å². The van der Waals surface area contributed by atoms with Crippen LogP contribution in [-0.4, -0.2) is 19.6 Å². The first-order valence-electron chi connectivity index (χ1n) is 9.08. The van der Waals surface area contributed by atoms with Gasteiger partial charge in [-0.2, -0.15) is 0 Å². The molecule has 1 N–H and O–H groups in total. The smallest absolute Gasteiger partial charge is 0.211 e. The molecule has 0 aliphatic heterocycles. The molecule has 142 valence electrons. The number of hydrogen-bond acceptors (Lipinski definition) is 4. The van der Waals surface area contributed by atoms with E-state index < -0.39 is 0 Å². The first-order chi connectivity index (χ1) is 14.2. The topological polar surface area (TPSA) is 55.1 Å². The molecule has 5 nitrogen and oxygen atoms in total. The second kappa shape index (κ2) is 7.14. The van der Waals surface area contributed by atoms with Crippen molar-refractivity contribution >= 4 is 34.1 Å². The number of nitrogens with zero attached hydrogens (tertiary/aromatic N) is 4. The van der Waals surface area contributed by atoms with Gasteiger partial charge in [0.25, 0.3) is 0 Å². The Labute approximate surface area is 170 Å². The van der Waals surface area contributed by atoms with E-state index in [2.05, 4.69) is 15.5 Å². The SMILES string of the molecule is Fc1ccccc1-c1nnc2c3ccc(Cl)cc3nc(NCc3ccccc3)n12. The Bertz CT molecular complexity index is 1330. The highest BCUT2D eigenvalue weighted by Gasteiger charge is 2.18. The third-order valence-corrected chi connectivity index (χ3v) is 4.95. The minimum atomic E-state index is -0.369. The standard InChI is InChI=1S/C22H15ClFN5/c23-15-10-11-17-19(12-15)26-22(25-13-14-6-2-1-3-7-14)29-20(27-28-21(17)29)16-8-4-5-9-18(16)24/h1-12H,13H2,(H,25,26). The van der Waals surface area contributed by atoms with Crippen molar-refractivity contribution in [1.29, 1.82) is 0 Å². The van der Waals surface area contributed by atoms with Crippen molar-refractivity contribution in [2.75, 3.05) is 5.32 Å². The molecule has 5 aromatic rings. The van der Waals surface area contributed by atoms with Crippen LogP contribution in [0.5, 0.6) is 0 Å². The molecule has 0 unspecified atom stereocenters. The lowest BCUT2D eigenvalue weighted by molar-refractivity contribution is 0.629. The summed E-state index contributed by atoms with van der Waals surface area (Å²) in [6.45, 7) is 0.546. The van der Waals surface area contributed by atoms with Gasteiger partial charge in [0.1, 0.15) is 5.82 Å². The van der Waals surface area contributed by atoms with Gasteiger partial charge in [-0.1, -0.05) is 54.1 Å². The van der Waals surface area contributed by atoms with E-state index in [0.717, 1.165) is 10.9 Å². The molecular weight excluding hydrogens is 389 g/mol. The second-order valence-electron chi connectivity index (χ2n) is 6.60. The Morgan fingerprint density at radius 3 is 2.55 bits per heavy atom. The monoisotopic (exact) mass is 403 g/mol. The van der Waals surface area contributed by atoms with Crippen molar-refractivity contribution in [3.8, 4) is 11.4 Å². The highest BCUT2D eigenvalue weighted by Crippen LogP contribution is 2.29. The van der Waals surface area contributed by atoms with Gasteiger partial charge in [-0.05, 0) is 35.9 Å². The van der Waals surface area contributed by atoms with Crippen LogP contribution in [0.15, 0.2) is 72.8 Å². The predicted molar refractivity (Wildman–Crippen MR) is 112 cm³/mol. The average Bonchev–Trinajstić information content (AvgIpc) is 3.18. The molecule has 5 rings (SSSR count). The van der Waals surface area contributed by atoms with E-state index in [1.807, 2.05) is 36.4 Å². The van der Waals surface area contributed by atoms with Crippen LogP contribution in [0.4, 0.5) is 10.3 Å². The summed E-state index contributed by atoms with van der Waals surface area (Å²) in [5.41, 5.74) is 2.72. The van der Waals surface area contributed by atoms with E-state index in [1.165, 1.54) is 6.07 Å². The van der Waals surface area contributed by atoms with Gasteiger partial charge in [-0.25, -0.2) is 13.8 Å². The molecule has 0 aliphatic carbocycles. The third-order valence-electron chi connectivity index (χ3n) is 4.71. The van der Waals surface area contributed by atoms with Crippen LogP contribution < -0.4 is 5.32 Å². The first kappa shape index (κ1) is 17.6. The van der Waals surface area contributed by atoms with Crippen molar-refractivity contribution < 1.29 is 4.39 Å². The summed E-state index contributed by atoms with van der Waals surface area (Å²) in [5, 5.41) is 13.3. The molecule has 3 aromatic carbocycles. The van der Waals surface area contributed by atoms with Crippen molar-refractivity contribution in [3.05, 3.63) is 89.2 Å². The van der Waals surface area contributed by atoms with Crippen LogP contribution >= 0.6 is 11.6 Å². The van der Waals surface area contributed by atoms with Crippen LogP contribution in [0.25, 0.3) is 27.9 Å². The zero-order valence-electron chi connectivity index (χ0n) is 15.2. The summed E-state index contributed by atoms with van der Waals surface area (Å²) in [5.74, 6) is 0.534. The molecule has 0 saturated heterocycles. The van der Waals surface area contributed by atoms with Crippen molar-refractivity contribution in [2.24, 2.45) is 0 Å². The Balaban J connectivity index is 1.73. The van der Waals surface area contributed by atoms with Gasteiger partial charge in [-0.3, -0.25) is 0 Å². The first-order valence-corrected chi connectivity index (χ1v) is 9.45. The van der Waals surface area contributed by atoms with E-state index in [-0.39, 0.29) is 5.82 Å². The maximum atomic E-state index is 14.5. The normalized spacial score (nSPS) is 11.2. The number of benzene rings is 3. The minimum absolute atomic E-state index is 0.359. The van der Waals surface area contributed by atoms with Gasteiger partial charge in [0.15, 0.2) is 11.5 Å². The predicted octanol–water partition coefficient (Wildman–Crippen LogP) is 5.35. The quantitative estimate of drug-likeness (QED) is 0.439. The summed E-state index contributed by atoms with van der Waals surface area (Å²) < 4.78 is 16.2. The molecular formula is C22H15ClFN5. The Kier molecular flexibility index (Phi) is 4.33. The highest BCUT2D eigenvalue weighted by molar-refractivity contribution is 6.31. The van der Waals surface area contributed by atoms with Gasteiger partial charge >= 0.3 is 0 Å². The Morgan fingerprint density at radius 1 is 0.931 bits per heavy atom. The maximum Gasteiger partial charge on any atom is 0.211 e.